The molecule has 2 aliphatic heterocycles. The van der Waals surface area contributed by atoms with Gasteiger partial charge in [0.2, 0.25) is 53.2 Å². The number of primary amides is 1. The van der Waals surface area contributed by atoms with Crippen molar-refractivity contribution in [2.24, 2.45) is 45.8 Å². The summed E-state index contributed by atoms with van der Waals surface area (Å²) in [4.78, 5) is 209. The van der Waals surface area contributed by atoms with Gasteiger partial charge in [0.1, 0.15) is 39.1 Å². The van der Waals surface area contributed by atoms with Crippen molar-refractivity contribution in [3.05, 3.63) is 35.9 Å². The summed E-state index contributed by atoms with van der Waals surface area (Å²) in [7, 11) is 1.97. The number of hydrogen-bond donors (Lipinski definition) is 13. The van der Waals surface area contributed by atoms with Crippen molar-refractivity contribution in [2.45, 2.75) is 114 Å². The number of Topliss-reactive ketones (excluding diaryl/α,β-unsaturated/α-hetero) is 5. The van der Waals surface area contributed by atoms with Crippen LogP contribution in [0.5, 0.6) is 0 Å². The number of ether oxygens (including phenoxy) is 10. The molecule has 0 radical (unpaired) electrons. The molecule has 17 N–H and O–H groups in total. The summed E-state index contributed by atoms with van der Waals surface area (Å²) in [6.45, 7) is 2.39. The van der Waals surface area contributed by atoms with Crippen molar-refractivity contribution in [1.29, 1.82) is 0 Å². The number of carboxylic acids is 1. The van der Waals surface area contributed by atoms with Gasteiger partial charge in [-0.2, -0.15) is 0 Å². The molecular weight excluding hydrogens is 1590 g/mol. The van der Waals surface area contributed by atoms with E-state index in [4.69, 9.17) is 70.5 Å². The van der Waals surface area contributed by atoms with Gasteiger partial charge in [0.15, 0.2) is 34.9 Å². The number of carbonyl (C=O) groups is 15. The van der Waals surface area contributed by atoms with Gasteiger partial charge in [-0.1, -0.05) is 51.9 Å². The maximum absolute atomic E-state index is 14.9. The monoisotopic (exact) mass is 1700 g/mol. The Bertz CT molecular complexity index is 3190. The van der Waals surface area contributed by atoms with Gasteiger partial charge in [-0.15, -0.1) is 11.8 Å². The topological polar surface area (TPSA) is 590 Å². The first-order valence-electron chi connectivity index (χ1n) is 38.3. The van der Waals surface area contributed by atoms with E-state index in [9.17, 15) is 77.0 Å². The second kappa shape index (κ2) is 65.1. The Morgan fingerprint density at radius 1 is 0.491 bits per heavy atom. The molecule has 9 amide bonds. The van der Waals surface area contributed by atoms with E-state index in [2.05, 4.69) is 52.4 Å². The first kappa shape index (κ1) is 102. The predicted molar refractivity (Wildman–Crippen MR) is 424 cm³/mol. The molecule has 2 bridgehead atoms. The highest BCUT2D eigenvalue weighted by Crippen LogP contribution is 2.27. The number of amides is 9. The Hall–Kier alpha value is -7.89. The molecule has 1 aromatic rings. The summed E-state index contributed by atoms with van der Waals surface area (Å²) in [5, 5.41) is 31.3. The third-order valence-electron chi connectivity index (χ3n) is 16.8. The molecule has 3 rings (SSSR count). The Labute approximate surface area is 686 Å². The molecule has 0 saturated carbocycles. The molecule has 40 nitrogen and oxygen atoms in total. The number of aliphatic carboxylic acids is 1. The number of unbranched alkanes of at least 4 members (excludes halogenated alkanes) is 1. The summed E-state index contributed by atoms with van der Waals surface area (Å²) in [6.07, 6.45) is -1.44. The van der Waals surface area contributed by atoms with Gasteiger partial charge in [0.05, 0.1) is 135 Å². The number of rotatable bonds is 56. The van der Waals surface area contributed by atoms with Crippen LogP contribution in [-0.4, -0.2) is 318 Å². The second-order valence-corrected chi connectivity index (χ2v) is 30.0. The number of benzene rings is 1. The van der Waals surface area contributed by atoms with Gasteiger partial charge in [-0.25, -0.2) is 5.90 Å². The molecule has 0 aliphatic carbocycles. The number of carbonyl (C=O) groups excluding carboxylic acids is 14. The molecule has 0 unspecified atom stereocenters. The molecule has 2 aliphatic rings. The highest BCUT2D eigenvalue weighted by Gasteiger charge is 2.36. The first-order valence-corrected chi connectivity index (χ1v) is 42.0. The zero-order valence-electron chi connectivity index (χ0n) is 65.6. The molecule has 2 saturated heterocycles. The van der Waals surface area contributed by atoms with Crippen LogP contribution in [0.2, 0.25) is 0 Å². The third-order valence-corrected chi connectivity index (χ3v) is 20.2. The zero-order valence-corrected chi connectivity index (χ0v) is 68.0. The lowest BCUT2D eigenvalue weighted by Gasteiger charge is -2.26. The van der Waals surface area contributed by atoms with Crippen LogP contribution < -0.4 is 65.6 Å². The summed E-state index contributed by atoms with van der Waals surface area (Å²) >= 11 is 0.947. The minimum atomic E-state index is -1.55. The number of guanidine groups is 1. The number of thioether (sulfide) groups is 1. The minimum absolute atomic E-state index is 0.00456. The number of nitrogens with two attached hydrogens (primary N) is 4. The summed E-state index contributed by atoms with van der Waals surface area (Å²) in [5.74, 6) is -10.7. The van der Waals surface area contributed by atoms with E-state index in [1.807, 2.05) is 0 Å². The lowest BCUT2D eigenvalue weighted by atomic mass is 9.90. The number of hydrogen-bond acceptors (Lipinski definition) is 31. The van der Waals surface area contributed by atoms with Crippen LogP contribution >= 0.6 is 33.3 Å². The number of fused-ring (bicyclic) bond motifs is 5. The summed E-state index contributed by atoms with van der Waals surface area (Å²) in [5.41, 5.74) is 16.7. The summed E-state index contributed by atoms with van der Waals surface area (Å²) < 4.78 is 54.2. The third kappa shape index (κ3) is 52.0. The maximum Gasteiger partial charge on any atom is 0.304 e. The zero-order chi connectivity index (χ0) is 84.8. The van der Waals surface area contributed by atoms with Gasteiger partial charge in [-0.3, -0.25) is 81.7 Å². The average molecular weight is 1710 g/mol. The van der Waals surface area contributed by atoms with E-state index in [1.165, 1.54) is 0 Å². The van der Waals surface area contributed by atoms with Gasteiger partial charge >= 0.3 is 5.97 Å². The number of nitrogens with one attached hydrogen (secondary N) is 8. The predicted octanol–water partition coefficient (Wildman–Crippen LogP) is -3.56. The van der Waals surface area contributed by atoms with Crippen LogP contribution in [0.4, 0.5) is 0 Å². The van der Waals surface area contributed by atoms with E-state index in [-0.39, 0.29) is 197 Å². The SMILES string of the molecule is NOCC(=O)NCCOCCOCCOCCOCCOCCNC(=O)COCC(=O)NCCCC[C@@H]1NC(=O)CSC[C@@H](C(=O)CCCOCCOCCOCCCC(=O)COCC(N)=O)NC(=O)[C@H](Cc2ccccc2)CC(=O)[C@@H]2CSSC[C@H](NC1=O)C(=O)C[C@@H](CCCN=C(N)N)C(=O)NCC(=O)C[C@@H](CC(=O)O)C(=O)N2. The number of aliphatic imine (C=N–C) groups is 1. The minimum Gasteiger partial charge on any atom is -0.481 e. The fourth-order valence-electron chi connectivity index (χ4n) is 10.9. The van der Waals surface area contributed by atoms with Crippen molar-refractivity contribution >= 4 is 127 Å². The van der Waals surface area contributed by atoms with Crippen LogP contribution in [-0.2, 0) is 131 Å². The molecule has 116 heavy (non-hydrogen) atoms. The number of nitrogens with zero attached hydrogens (tertiary/aromatic N) is 1. The first-order chi connectivity index (χ1) is 55.9. The standard InChI is InChI=1S/C73H117N13O27S3/c74-63(92)42-111-41-54(87)12-7-19-103-23-27-107-28-24-104-20-8-14-60(89)57-46-114-49-67(96)83-56(13-4-5-15-78-64(93)43-112-44-65(94)79-17-21-105-25-29-108-31-33-110-34-32-109-30-26-106-22-18-80-66(95)45-113-77)72(102)86-59-48-116-115-47-58(62(91)38-52(70(100)84-57)35-50-9-2-1-3-10-50)85-71(101)53(39-68(97)98)36-55(88)40-82-69(99)51(37-61(59)90)11-6-16-81-73(75)76/h1-3,9-10,51-53,56-59H,4-8,11-49,77H2,(H2,74,92)(H,78,93)(H,79,94)(H,80,95)(H,82,99)(H,83,96)(H,84,100)(H,85,101)(H,86,102)(H,97,98)(H4,75,76,81)/t51-,52-,53+,56+,57+,58+,59+/m1/s1. The maximum atomic E-state index is 14.9. The van der Waals surface area contributed by atoms with E-state index in [1.54, 1.807) is 30.3 Å². The van der Waals surface area contributed by atoms with Gasteiger partial charge in [0.25, 0.3) is 0 Å². The van der Waals surface area contributed by atoms with Crippen molar-refractivity contribution in [3.8, 4) is 0 Å². The van der Waals surface area contributed by atoms with Gasteiger partial charge in [0, 0.05) is 101 Å². The second-order valence-electron chi connectivity index (χ2n) is 26.4. The van der Waals surface area contributed by atoms with Gasteiger partial charge in [-0.05, 0) is 56.9 Å². The normalized spacial score (nSPS) is 19.2. The molecule has 0 spiro atoms. The Balaban J connectivity index is 1.75. The van der Waals surface area contributed by atoms with E-state index in [0.717, 1.165) is 33.3 Å². The van der Waals surface area contributed by atoms with Crippen LogP contribution in [0, 0.1) is 17.8 Å². The Morgan fingerprint density at radius 3 is 1.55 bits per heavy atom. The molecule has 7 atom stereocenters. The highest BCUT2D eigenvalue weighted by atomic mass is 33.1. The van der Waals surface area contributed by atoms with Gasteiger partial charge < -0.3 is 112 Å². The lowest BCUT2D eigenvalue weighted by molar-refractivity contribution is -0.142. The van der Waals surface area contributed by atoms with E-state index in [0.29, 0.717) is 64.8 Å². The van der Waals surface area contributed by atoms with E-state index < -0.39 is 164 Å². The number of carboxylic acid groups (broad SMARTS) is 1. The largest absolute Gasteiger partial charge is 0.481 e. The Morgan fingerprint density at radius 2 is 1.00 bits per heavy atom. The molecule has 43 heteroatoms. The van der Waals surface area contributed by atoms with Crippen molar-refractivity contribution < 1.29 is 129 Å². The average Bonchev–Trinajstić information content (AvgIpc) is 1.01. The van der Waals surface area contributed by atoms with Crippen molar-refractivity contribution in [3.63, 3.8) is 0 Å². The lowest BCUT2D eigenvalue weighted by Crippen LogP contribution is -2.53. The van der Waals surface area contributed by atoms with Crippen LogP contribution in [0.25, 0.3) is 0 Å². The summed E-state index contributed by atoms with van der Waals surface area (Å²) in [6, 6.07) is 3.17. The van der Waals surface area contributed by atoms with Crippen molar-refractivity contribution in [1.82, 2.24) is 42.5 Å². The molecule has 2 fully saturated rings. The number of ketones is 5. The Kier molecular flexibility index (Phi) is 57.4. The molecule has 0 aromatic heterocycles. The quantitative estimate of drug-likeness (QED) is 0.00987. The molecule has 2 heterocycles. The van der Waals surface area contributed by atoms with E-state index >= 15 is 0 Å². The fourth-order valence-corrected chi connectivity index (χ4v) is 14.2. The fraction of sp³-hybridized carbons (Fsp3) is 0.699. The smallest absolute Gasteiger partial charge is 0.304 e. The van der Waals surface area contributed by atoms with Crippen LogP contribution in [0.15, 0.2) is 35.3 Å². The van der Waals surface area contributed by atoms with Crippen molar-refractivity contribution in [2.75, 3.05) is 194 Å². The molecule has 1 aromatic carbocycles. The molecule has 654 valence electrons. The van der Waals surface area contributed by atoms with Crippen LogP contribution in [0.3, 0.4) is 0 Å². The van der Waals surface area contributed by atoms with Crippen LogP contribution in [0.1, 0.15) is 89.0 Å². The highest BCUT2D eigenvalue weighted by molar-refractivity contribution is 8.76. The molecular formula is C73H117N13O27S3.